The van der Waals surface area contributed by atoms with Crippen LogP contribution < -0.4 is 0 Å². The van der Waals surface area contributed by atoms with Crippen LogP contribution in [0.5, 0.6) is 11.5 Å². The molecular weight excluding hydrogens is 152 g/mol. The van der Waals surface area contributed by atoms with Crippen LogP contribution in [0, 0.1) is 0 Å². The highest BCUT2D eigenvalue weighted by atomic mass is 16.3. The molecule has 0 aliphatic rings. The van der Waals surface area contributed by atoms with Crippen molar-refractivity contribution in [2.45, 2.75) is 26.2 Å². The van der Waals surface area contributed by atoms with E-state index < -0.39 is 0 Å². The molecule has 0 saturated heterocycles. The minimum atomic E-state index is 0.111. The van der Waals surface area contributed by atoms with Gasteiger partial charge >= 0.3 is 0 Å². The molecule has 2 nitrogen and oxygen atoms in total. The molecule has 66 valence electrons. The van der Waals surface area contributed by atoms with Gasteiger partial charge in [-0.15, -0.1) is 0 Å². The maximum absolute atomic E-state index is 9.43. The third-order valence-electron chi connectivity index (χ3n) is 2.16. The molecule has 1 aromatic carbocycles. The molecule has 0 heterocycles. The summed E-state index contributed by atoms with van der Waals surface area (Å²) in [6.07, 6.45) is 0.984. The predicted molar refractivity (Wildman–Crippen MR) is 48.5 cm³/mol. The summed E-state index contributed by atoms with van der Waals surface area (Å²) in [6, 6.07) is 4.74. The molecule has 1 unspecified atom stereocenters. The van der Waals surface area contributed by atoms with Crippen LogP contribution in [0.3, 0.4) is 0 Å². The summed E-state index contributed by atoms with van der Waals surface area (Å²) in [5, 5.41) is 18.5. The van der Waals surface area contributed by atoms with Crippen LogP contribution in [0.4, 0.5) is 0 Å². The maximum atomic E-state index is 9.43. The second-order valence-corrected chi connectivity index (χ2v) is 3.05. The van der Waals surface area contributed by atoms with Crippen LogP contribution in [0.2, 0.25) is 0 Å². The topological polar surface area (TPSA) is 40.5 Å². The zero-order chi connectivity index (χ0) is 9.14. The highest BCUT2D eigenvalue weighted by Crippen LogP contribution is 2.30. The summed E-state index contributed by atoms with van der Waals surface area (Å²) < 4.78 is 0. The second-order valence-electron chi connectivity index (χ2n) is 3.05. The zero-order valence-electron chi connectivity index (χ0n) is 7.41. The summed E-state index contributed by atoms with van der Waals surface area (Å²) in [7, 11) is 0. The molecule has 0 amide bonds. The van der Waals surface area contributed by atoms with Gasteiger partial charge in [0.1, 0.15) is 11.5 Å². The average Bonchev–Trinajstić information content (AvgIpc) is 2.03. The Labute approximate surface area is 72.5 Å². The van der Waals surface area contributed by atoms with Crippen LogP contribution in [0.15, 0.2) is 18.2 Å². The minimum absolute atomic E-state index is 0.111. The predicted octanol–water partition coefficient (Wildman–Crippen LogP) is 2.61. The summed E-state index contributed by atoms with van der Waals surface area (Å²) in [5.41, 5.74) is 0.898. The quantitative estimate of drug-likeness (QED) is 0.709. The Balaban J connectivity index is 3.01. The Kier molecular flexibility index (Phi) is 2.58. The van der Waals surface area contributed by atoms with Gasteiger partial charge in [-0.05, 0) is 24.0 Å². The van der Waals surface area contributed by atoms with E-state index in [-0.39, 0.29) is 11.5 Å². The number of benzene rings is 1. The number of phenolic OH excluding ortho intramolecular Hbond substituents is 2. The Morgan fingerprint density at radius 1 is 1.33 bits per heavy atom. The smallest absolute Gasteiger partial charge is 0.122 e. The van der Waals surface area contributed by atoms with Crippen LogP contribution >= 0.6 is 0 Å². The van der Waals surface area contributed by atoms with E-state index in [2.05, 4.69) is 6.92 Å². The van der Waals surface area contributed by atoms with Crippen LogP contribution in [0.1, 0.15) is 31.7 Å². The average molecular weight is 166 g/mol. The molecule has 0 saturated carbocycles. The molecule has 0 fully saturated rings. The SMILES string of the molecule is CCC(C)c1ccc(O)cc1O. The van der Waals surface area contributed by atoms with E-state index in [4.69, 9.17) is 5.11 Å². The van der Waals surface area contributed by atoms with Crippen molar-refractivity contribution in [2.24, 2.45) is 0 Å². The third-order valence-corrected chi connectivity index (χ3v) is 2.16. The number of aromatic hydroxyl groups is 2. The molecule has 0 spiro atoms. The highest BCUT2D eigenvalue weighted by molar-refractivity contribution is 5.40. The lowest BCUT2D eigenvalue weighted by atomic mass is 9.98. The van der Waals surface area contributed by atoms with Gasteiger partial charge in [0.25, 0.3) is 0 Å². The first kappa shape index (κ1) is 8.91. The normalized spacial score (nSPS) is 12.8. The lowest BCUT2D eigenvalue weighted by Crippen LogP contribution is -1.90. The lowest BCUT2D eigenvalue weighted by Gasteiger charge is -2.10. The standard InChI is InChI=1S/C10H14O2/c1-3-7(2)9-5-4-8(11)6-10(9)12/h4-7,11-12H,3H2,1-2H3. The van der Waals surface area contributed by atoms with Crippen molar-refractivity contribution in [3.8, 4) is 11.5 Å². The number of rotatable bonds is 2. The fourth-order valence-electron chi connectivity index (χ4n) is 1.17. The van der Waals surface area contributed by atoms with Crippen molar-refractivity contribution >= 4 is 0 Å². The van der Waals surface area contributed by atoms with Gasteiger partial charge in [-0.1, -0.05) is 19.9 Å². The fraction of sp³-hybridized carbons (Fsp3) is 0.400. The van der Waals surface area contributed by atoms with Gasteiger partial charge in [0.15, 0.2) is 0 Å². The van der Waals surface area contributed by atoms with Crippen LogP contribution in [0.25, 0.3) is 0 Å². The zero-order valence-corrected chi connectivity index (χ0v) is 7.41. The number of hydrogen-bond donors (Lipinski definition) is 2. The van der Waals surface area contributed by atoms with Gasteiger partial charge in [0.2, 0.25) is 0 Å². The molecule has 0 radical (unpaired) electrons. The van der Waals surface area contributed by atoms with Gasteiger partial charge in [-0.3, -0.25) is 0 Å². The largest absolute Gasteiger partial charge is 0.508 e. The molecule has 0 aliphatic carbocycles. The summed E-state index contributed by atoms with van der Waals surface area (Å²) in [4.78, 5) is 0. The molecule has 1 rings (SSSR count). The molecular formula is C10H14O2. The molecule has 1 aromatic rings. The van der Waals surface area contributed by atoms with E-state index >= 15 is 0 Å². The van der Waals surface area contributed by atoms with Gasteiger partial charge in [-0.2, -0.15) is 0 Å². The van der Waals surface area contributed by atoms with Crippen LogP contribution in [-0.4, -0.2) is 10.2 Å². The van der Waals surface area contributed by atoms with Gasteiger partial charge in [-0.25, -0.2) is 0 Å². The second kappa shape index (κ2) is 3.48. The Bertz CT molecular complexity index is 269. The van der Waals surface area contributed by atoms with Crippen LogP contribution in [-0.2, 0) is 0 Å². The molecule has 2 N–H and O–H groups in total. The number of phenols is 2. The fourth-order valence-corrected chi connectivity index (χ4v) is 1.17. The summed E-state index contributed by atoms with van der Waals surface area (Å²) in [5.74, 6) is 0.634. The van der Waals surface area contributed by atoms with E-state index in [1.165, 1.54) is 6.07 Å². The number of hydrogen-bond acceptors (Lipinski definition) is 2. The van der Waals surface area contributed by atoms with E-state index in [1.807, 2.05) is 6.92 Å². The molecule has 12 heavy (non-hydrogen) atoms. The van der Waals surface area contributed by atoms with Crippen molar-refractivity contribution < 1.29 is 10.2 Å². The van der Waals surface area contributed by atoms with Gasteiger partial charge in [0.05, 0.1) is 0 Å². The van der Waals surface area contributed by atoms with E-state index in [9.17, 15) is 5.11 Å². The molecule has 2 heteroatoms. The van der Waals surface area contributed by atoms with Gasteiger partial charge < -0.3 is 10.2 Å². The Hall–Kier alpha value is -1.18. The first-order valence-corrected chi connectivity index (χ1v) is 4.17. The molecule has 1 atom stereocenters. The minimum Gasteiger partial charge on any atom is -0.508 e. The summed E-state index contributed by atoms with van der Waals surface area (Å²) >= 11 is 0. The van der Waals surface area contributed by atoms with E-state index in [0.717, 1.165) is 12.0 Å². The van der Waals surface area contributed by atoms with Crippen molar-refractivity contribution in [1.82, 2.24) is 0 Å². The monoisotopic (exact) mass is 166 g/mol. The van der Waals surface area contributed by atoms with Crippen molar-refractivity contribution in [3.05, 3.63) is 23.8 Å². The maximum Gasteiger partial charge on any atom is 0.122 e. The lowest BCUT2D eigenvalue weighted by molar-refractivity contribution is 0.442. The summed E-state index contributed by atoms with van der Waals surface area (Å²) in [6.45, 7) is 4.11. The van der Waals surface area contributed by atoms with Gasteiger partial charge in [0, 0.05) is 6.07 Å². The molecule has 0 bridgehead atoms. The Morgan fingerprint density at radius 2 is 2.00 bits per heavy atom. The highest BCUT2D eigenvalue weighted by Gasteiger charge is 2.08. The van der Waals surface area contributed by atoms with E-state index in [0.29, 0.717) is 5.92 Å². The van der Waals surface area contributed by atoms with Crippen molar-refractivity contribution in [1.29, 1.82) is 0 Å². The third kappa shape index (κ3) is 1.70. The Morgan fingerprint density at radius 3 is 2.50 bits per heavy atom. The van der Waals surface area contributed by atoms with Crippen molar-refractivity contribution in [2.75, 3.05) is 0 Å². The van der Waals surface area contributed by atoms with E-state index in [1.54, 1.807) is 12.1 Å². The molecule has 0 aliphatic heterocycles. The van der Waals surface area contributed by atoms with Crippen molar-refractivity contribution in [3.63, 3.8) is 0 Å². The first-order chi connectivity index (χ1) is 5.65. The molecule has 0 aromatic heterocycles. The first-order valence-electron chi connectivity index (χ1n) is 4.17.